The van der Waals surface area contributed by atoms with E-state index in [0.717, 1.165) is 41.0 Å². The van der Waals surface area contributed by atoms with Crippen LogP contribution in [0.3, 0.4) is 0 Å². The number of aliphatic imine (C=N–C) groups is 1. The summed E-state index contributed by atoms with van der Waals surface area (Å²) in [6.45, 7) is 10.5. The van der Waals surface area contributed by atoms with Gasteiger partial charge in [-0.05, 0) is 32.6 Å². The lowest BCUT2D eigenvalue weighted by Gasteiger charge is -2.31. The molecule has 0 bridgehead atoms. The molecule has 2 aromatic heterocycles. The number of amides is 1. The monoisotopic (exact) mass is 364 g/mol. The van der Waals surface area contributed by atoms with Crippen LogP contribution in [0.25, 0.3) is 16.7 Å². The van der Waals surface area contributed by atoms with Crippen molar-refractivity contribution in [3.8, 4) is 0 Å². The first-order valence-electron chi connectivity index (χ1n) is 8.97. The highest BCUT2D eigenvalue weighted by Gasteiger charge is 2.21. The van der Waals surface area contributed by atoms with Crippen molar-refractivity contribution in [1.82, 2.24) is 19.9 Å². The fraction of sp³-hybridized carbons (Fsp3) is 0.300. The van der Waals surface area contributed by atoms with Crippen LogP contribution in [-0.2, 0) is 4.79 Å². The number of anilines is 1. The Morgan fingerprint density at radius 3 is 2.89 bits per heavy atom. The Balaban J connectivity index is 1.78. The zero-order valence-corrected chi connectivity index (χ0v) is 15.5. The number of aromatic amines is 1. The third kappa shape index (κ3) is 4.13. The van der Waals surface area contributed by atoms with Gasteiger partial charge in [-0.15, -0.1) is 0 Å². The zero-order chi connectivity index (χ0) is 19.2. The third-order valence-electron chi connectivity index (χ3n) is 4.60. The number of nitrogens with zero attached hydrogens (tertiary/aromatic N) is 4. The van der Waals surface area contributed by atoms with Gasteiger partial charge in [-0.2, -0.15) is 0 Å². The number of likely N-dealkylation sites (tertiary alicyclic amines) is 1. The van der Waals surface area contributed by atoms with Gasteiger partial charge in [0.25, 0.3) is 0 Å². The molecule has 140 valence electrons. The SMILES string of the molecule is C=CC(=O)N1CCC(Nc2cnc3[nH]cc(C(C=CC)=CN=C)c3n2)CC1. The number of carbonyl (C=O) groups is 1. The molecule has 0 aliphatic carbocycles. The van der Waals surface area contributed by atoms with Crippen molar-refractivity contribution in [3.05, 3.63) is 49.0 Å². The molecule has 27 heavy (non-hydrogen) atoms. The summed E-state index contributed by atoms with van der Waals surface area (Å²) in [6.07, 6.45) is 12.3. The van der Waals surface area contributed by atoms with Crippen molar-refractivity contribution in [1.29, 1.82) is 0 Å². The summed E-state index contributed by atoms with van der Waals surface area (Å²) in [5, 5.41) is 3.45. The van der Waals surface area contributed by atoms with E-state index in [9.17, 15) is 4.79 Å². The molecular formula is C20H24N6O. The molecule has 1 fully saturated rings. The number of hydrogen-bond donors (Lipinski definition) is 2. The van der Waals surface area contributed by atoms with Gasteiger partial charge in [0.2, 0.25) is 5.91 Å². The summed E-state index contributed by atoms with van der Waals surface area (Å²) in [5.41, 5.74) is 3.35. The van der Waals surface area contributed by atoms with Crippen LogP contribution in [-0.4, -0.2) is 51.6 Å². The number of hydrogen-bond acceptors (Lipinski definition) is 5. The van der Waals surface area contributed by atoms with Gasteiger partial charge in [0.1, 0.15) is 11.3 Å². The van der Waals surface area contributed by atoms with Crippen LogP contribution in [0, 0.1) is 0 Å². The summed E-state index contributed by atoms with van der Waals surface area (Å²) >= 11 is 0. The molecule has 0 aromatic carbocycles. The maximum atomic E-state index is 11.7. The van der Waals surface area contributed by atoms with Crippen molar-refractivity contribution < 1.29 is 4.79 Å². The molecule has 0 saturated carbocycles. The van der Waals surface area contributed by atoms with Crippen molar-refractivity contribution in [2.45, 2.75) is 25.8 Å². The zero-order valence-electron chi connectivity index (χ0n) is 15.5. The lowest BCUT2D eigenvalue weighted by Crippen LogP contribution is -2.41. The minimum atomic E-state index is -0.00857. The summed E-state index contributed by atoms with van der Waals surface area (Å²) in [4.78, 5) is 29.8. The molecule has 1 aliphatic heterocycles. The molecule has 0 spiro atoms. The van der Waals surface area contributed by atoms with Gasteiger partial charge in [0.15, 0.2) is 5.65 Å². The average Bonchev–Trinajstić information content (AvgIpc) is 3.11. The quantitative estimate of drug-likeness (QED) is 0.468. The lowest BCUT2D eigenvalue weighted by atomic mass is 10.1. The lowest BCUT2D eigenvalue weighted by molar-refractivity contribution is -0.126. The van der Waals surface area contributed by atoms with Crippen LogP contribution in [0.5, 0.6) is 0 Å². The first-order chi connectivity index (χ1) is 13.2. The number of rotatable bonds is 6. The smallest absolute Gasteiger partial charge is 0.245 e. The van der Waals surface area contributed by atoms with Gasteiger partial charge < -0.3 is 15.2 Å². The summed E-state index contributed by atoms with van der Waals surface area (Å²) in [6, 6.07) is 0.258. The normalized spacial score (nSPS) is 16.0. The Kier molecular flexibility index (Phi) is 5.80. The number of piperidine rings is 1. The molecule has 3 heterocycles. The van der Waals surface area contributed by atoms with Crippen molar-refractivity contribution >= 4 is 35.2 Å². The van der Waals surface area contributed by atoms with Crippen molar-refractivity contribution in [3.63, 3.8) is 0 Å². The summed E-state index contributed by atoms with van der Waals surface area (Å²) < 4.78 is 0. The van der Waals surface area contributed by atoms with E-state index in [1.54, 1.807) is 12.4 Å². The fourth-order valence-electron chi connectivity index (χ4n) is 3.24. The molecule has 0 radical (unpaired) electrons. The van der Waals surface area contributed by atoms with E-state index < -0.39 is 0 Å². The fourth-order valence-corrected chi connectivity index (χ4v) is 3.24. The Morgan fingerprint density at radius 1 is 1.44 bits per heavy atom. The summed E-state index contributed by atoms with van der Waals surface area (Å²) in [5.74, 6) is 0.717. The molecule has 1 amide bonds. The Morgan fingerprint density at radius 2 is 2.22 bits per heavy atom. The van der Waals surface area contributed by atoms with E-state index in [1.807, 2.05) is 30.2 Å². The second-order valence-electron chi connectivity index (χ2n) is 6.37. The Hall–Kier alpha value is -3.22. The Bertz CT molecular complexity index is 902. The van der Waals surface area contributed by atoms with Gasteiger partial charge in [-0.25, -0.2) is 9.97 Å². The van der Waals surface area contributed by atoms with E-state index in [0.29, 0.717) is 13.1 Å². The van der Waals surface area contributed by atoms with Crippen molar-refractivity contribution in [2.24, 2.45) is 4.99 Å². The first kappa shape index (κ1) is 18.6. The van der Waals surface area contributed by atoms with Gasteiger partial charge >= 0.3 is 0 Å². The molecule has 0 atom stereocenters. The molecule has 1 saturated heterocycles. The third-order valence-corrected chi connectivity index (χ3v) is 4.60. The van der Waals surface area contributed by atoms with Gasteiger partial charge in [-0.3, -0.25) is 9.79 Å². The standard InChI is InChI=1S/C20H24N6O/c1-4-6-14(11-21-3)16-12-22-20-19(16)25-17(13-23-20)24-15-7-9-26(10-8-15)18(27)5-2/h4-6,11-13,15H,2-3,7-10H2,1H3,(H,22,23)(H,24,25). The predicted molar refractivity (Wildman–Crippen MR) is 110 cm³/mol. The van der Waals surface area contributed by atoms with Gasteiger partial charge in [-0.1, -0.05) is 18.7 Å². The maximum Gasteiger partial charge on any atom is 0.245 e. The van der Waals surface area contributed by atoms with Crippen LogP contribution in [0.15, 0.2) is 48.4 Å². The number of allylic oxidation sites excluding steroid dienone is 3. The van der Waals surface area contributed by atoms with E-state index in [4.69, 9.17) is 4.98 Å². The largest absolute Gasteiger partial charge is 0.366 e. The highest BCUT2D eigenvalue weighted by Crippen LogP contribution is 2.25. The van der Waals surface area contributed by atoms with E-state index in [2.05, 4.69) is 33.6 Å². The number of H-pyrrole nitrogens is 1. The topological polar surface area (TPSA) is 86.3 Å². The minimum absolute atomic E-state index is 0.00857. The number of carbonyl (C=O) groups excluding carboxylic acids is 1. The van der Waals surface area contributed by atoms with Crippen LogP contribution in [0.2, 0.25) is 0 Å². The number of fused-ring (bicyclic) bond motifs is 1. The highest BCUT2D eigenvalue weighted by molar-refractivity contribution is 5.91. The van der Waals surface area contributed by atoms with Crippen molar-refractivity contribution in [2.75, 3.05) is 18.4 Å². The van der Waals surface area contributed by atoms with Crippen LogP contribution >= 0.6 is 0 Å². The second-order valence-corrected chi connectivity index (χ2v) is 6.37. The van der Waals surface area contributed by atoms with E-state index >= 15 is 0 Å². The summed E-state index contributed by atoms with van der Waals surface area (Å²) in [7, 11) is 0. The van der Waals surface area contributed by atoms with E-state index in [-0.39, 0.29) is 11.9 Å². The van der Waals surface area contributed by atoms with Crippen LogP contribution < -0.4 is 5.32 Å². The highest BCUT2D eigenvalue weighted by atomic mass is 16.2. The average molecular weight is 364 g/mol. The second kappa shape index (κ2) is 8.44. The molecule has 2 N–H and O–H groups in total. The molecule has 7 nitrogen and oxygen atoms in total. The molecule has 0 unspecified atom stereocenters. The molecule has 7 heteroatoms. The first-order valence-corrected chi connectivity index (χ1v) is 8.97. The van der Waals surface area contributed by atoms with Gasteiger partial charge in [0.05, 0.1) is 6.20 Å². The number of aromatic nitrogens is 3. The van der Waals surface area contributed by atoms with E-state index in [1.165, 1.54) is 6.08 Å². The molecule has 2 aromatic rings. The minimum Gasteiger partial charge on any atom is -0.366 e. The van der Waals surface area contributed by atoms with Crippen LogP contribution in [0.4, 0.5) is 5.82 Å². The molecule has 1 aliphatic rings. The number of nitrogens with one attached hydrogen (secondary N) is 2. The Labute approximate surface area is 158 Å². The molecular weight excluding hydrogens is 340 g/mol. The van der Waals surface area contributed by atoms with Crippen LogP contribution in [0.1, 0.15) is 25.3 Å². The molecule has 3 rings (SSSR count). The maximum absolute atomic E-state index is 11.7. The predicted octanol–water partition coefficient (Wildman–Crippen LogP) is 3.16. The van der Waals surface area contributed by atoms with Gasteiger partial charge in [0, 0.05) is 42.7 Å².